The van der Waals surface area contributed by atoms with Crippen molar-refractivity contribution in [1.29, 1.82) is 0 Å². The second-order valence-corrected chi connectivity index (χ2v) is 3.67. The van der Waals surface area contributed by atoms with Gasteiger partial charge in [-0.3, -0.25) is 0 Å². The Morgan fingerprint density at radius 3 is 1.31 bits per heavy atom. The van der Waals surface area contributed by atoms with Crippen LogP contribution in [-0.2, 0) is 23.3 Å². The molecule has 1 aliphatic heterocycles. The second kappa shape index (κ2) is 10.3. The van der Waals surface area contributed by atoms with Gasteiger partial charge in [0.05, 0.1) is 13.2 Å². The second-order valence-electron chi connectivity index (χ2n) is 2.12. The molecule has 1 aliphatic rings. The van der Waals surface area contributed by atoms with Crippen LogP contribution in [0.1, 0.15) is 12.8 Å². The highest BCUT2D eigenvalue weighted by molar-refractivity contribution is 7.41. The first-order chi connectivity index (χ1) is 6.35. The predicted octanol–water partition coefficient (Wildman–Crippen LogP) is 1.88. The molecule has 1 fully saturated rings. The summed E-state index contributed by atoms with van der Waals surface area (Å²) in [6.07, 6.45) is 2.31. The fraction of sp³-hybridized carbons (Fsp3) is 1.00. The minimum atomic E-state index is -1.05. The maximum atomic E-state index is 4.67. The van der Waals surface area contributed by atoms with Gasteiger partial charge in [-0.15, -0.1) is 0 Å². The van der Waals surface area contributed by atoms with Gasteiger partial charge in [-0.25, -0.2) is 9.78 Å². The lowest BCUT2D eigenvalue weighted by Crippen LogP contribution is -2.05. The molecule has 0 aromatic carbocycles. The van der Waals surface area contributed by atoms with Crippen molar-refractivity contribution in [2.75, 3.05) is 34.5 Å². The largest absolute Gasteiger partial charge is 0.331 e. The molecule has 0 saturated carbocycles. The molecule has 0 N–H and O–H groups in total. The summed E-state index contributed by atoms with van der Waals surface area (Å²) in [5.74, 6) is 0. The molecule has 0 aromatic rings. The molecule has 0 spiro atoms. The third kappa shape index (κ3) is 8.56. The summed E-state index contributed by atoms with van der Waals surface area (Å²) in [6.45, 7) is 1.56. The summed E-state index contributed by atoms with van der Waals surface area (Å²) in [5.41, 5.74) is 0. The van der Waals surface area contributed by atoms with E-state index in [0.717, 1.165) is 26.1 Å². The lowest BCUT2D eigenvalue weighted by molar-refractivity contribution is -0.312. The van der Waals surface area contributed by atoms with Gasteiger partial charge in [-0.05, 0) is 12.8 Å². The molecule has 13 heavy (non-hydrogen) atoms. The van der Waals surface area contributed by atoms with Gasteiger partial charge in [0.1, 0.15) is 0 Å². The van der Waals surface area contributed by atoms with E-state index in [1.807, 2.05) is 0 Å². The van der Waals surface area contributed by atoms with Gasteiger partial charge >= 0.3 is 8.60 Å². The molecular weight excluding hydrogens is 195 g/mol. The minimum absolute atomic E-state index is 0.778. The maximum absolute atomic E-state index is 4.67. The Hall–Kier alpha value is 0.230. The van der Waals surface area contributed by atoms with Crippen LogP contribution in [0.3, 0.4) is 0 Å². The van der Waals surface area contributed by atoms with E-state index in [0.29, 0.717) is 0 Å². The van der Waals surface area contributed by atoms with Gasteiger partial charge in [-0.2, -0.15) is 0 Å². The molecule has 0 aliphatic carbocycles. The Balaban J connectivity index is 0.000000223. The standard InChI is InChI=1S/C4H8O2.C3H9O3P/c1-2-4-6-5-3-1;1-4-7(5-2)6-3/h1-4H2;1-3H3. The lowest BCUT2D eigenvalue weighted by atomic mass is 10.3. The first kappa shape index (κ1) is 13.2. The van der Waals surface area contributed by atoms with Crippen molar-refractivity contribution in [2.24, 2.45) is 0 Å². The van der Waals surface area contributed by atoms with Crippen molar-refractivity contribution >= 4 is 8.60 Å². The molecule has 0 radical (unpaired) electrons. The van der Waals surface area contributed by atoms with Gasteiger partial charge in [-0.1, -0.05) is 0 Å². The van der Waals surface area contributed by atoms with Crippen LogP contribution in [0.15, 0.2) is 0 Å². The molecule has 6 heteroatoms. The summed E-state index contributed by atoms with van der Waals surface area (Å²) in [4.78, 5) is 9.14. The van der Waals surface area contributed by atoms with E-state index < -0.39 is 8.60 Å². The van der Waals surface area contributed by atoms with Gasteiger partial charge in [0.2, 0.25) is 0 Å². The van der Waals surface area contributed by atoms with Crippen LogP contribution in [0.2, 0.25) is 0 Å². The van der Waals surface area contributed by atoms with E-state index in [9.17, 15) is 0 Å². The first-order valence-electron chi connectivity index (χ1n) is 4.02. The third-order valence-corrected chi connectivity index (χ3v) is 2.13. The van der Waals surface area contributed by atoms with Crippen molar-refractivity contribution in [1.82, 2.24) is 0 Å². The average molecular weight is 212 g/mol. The molecule has 1 saturated heterocycles. The zero-order valence-electron chi connectivity index (χ0n) is 8.32. The summed E-state index contributed by atoms with van der Waals surface area (Å²) in [6, 6.07) is 0. The Morgan fingerprint density at radius 2 is 1.23 bits per heavy atom. The number of rotatable bonds is 3. The van der Waals surface area contributed by atoms with Crippen molar-refractivity contribution < 1.29 is 23.3 Å². The van der Waals surface area contributed by atoms with Crippen LogP contribution in [-0.4, -0.2) is 34.5 Å². The highest BCUT2D eigenvalue weighted by Crippen LogP contribution is 2.35. The molecular formula is C7H17O5P. The normalized spacial score (nSPS) is 16.6. The van der Waals surface area contributed by atoms with Gasteiger partial charge in [0, 0.05) is 21.3 Å². The van der Waals surface area contributed by atoms with Crippen molar-refractivity contribution in [3.8, 4) is 0 Å². The minimum Gasteiger partial charge on any atom is -0.316 e. The van der Waals surface area contributed by atoms with Gasteiger partial charge in [0.25, 0.3) is 0 Å². The first-order valence-corrected chi connectivity index (χ1v) is 5.11. The predicted molar refractivity (Wildman–Crippen MR) is 49.1 cm³/mol. The Bertz CT molecular complexity index is 77.9. The molecule has 0 bridgehead atoms. The SMILES string of the molecule is C1CCOOC1.COP(OC)OC. The molecule has 0 aromatic heterocycles. The molecule has 5 nitrogen and oxygen atoms in total. The highest BCUT2D eigenvalue weighted by Gasteiger charge is 2.00. The third-order valence-electron chi connectivity index (χ3n) is 1.24. The average Bonchev–Trinajstić information content (AvgIpc) is 2.24. The fourth-order valence-corrected chi connectivity index (χ4v) is 1.11. The Morgan fingerprint density at radius 1 is 0.846 bits per heavy atom. The van der Waals surface area contributed by atoms with Crippen molar-refractivity contribution in [2.45, 2.75) is 12.8 Å². The van der Waals surface area contributed by atoms with Crippen molar-refractivity contribution in [3.63, 3.8) is 0 Å². The van der Waals surface area contributed by atoms with E-state index >= 15 is 0 Å². The topological polar surface area (TPSA) is 46.2 Å². The summed E-state index contributed by atoms with van der Waals surface area (Å²) in [5, 5.41) is 0. The smallest absolute Gasteiger partial charge is 0.316 e. The fourth-order valence-electron chi connectivity index (χ4n) is 0.663. The maximum Gasteiger partial charge on any atom is 0.331 e. The van der Waals surface area contributed by atoms with E-state index in [2.05, 4.69) is 23.3 Å². The zero-order valence-corrected chi connectivity index (χ0v) is 9.21. The Kier molecular flexibility index (Phi) is 10.5. The van der Waals surface area contributed by atoms with Crippen LogP contribution in [0, 0.1) is 0 Å². The Labute approximate surface area is 80.2 Å². The van der Waals surface area contributed by atoms with Crippen molar-refractivity contribution in [3.05, 3.63) is 0 Å². The summed E-state index contributed by atoms with van der Waals surface area (Å²) >= 11 is 0. The molecule has 0 amide bonds. The van der Waals surface area contributed by atoms with Crippen LogP contribution >= 0.6 is 8.60 Å². The zero-order chi connectivity index (χ0) is 9.94. The molecule has 0 unspecified atom stereocenters. The highest BCUT2D eigenvalue weighted by atomic mass is 31.2. The van der Waals surface area contributed by atoms with Gasteiger partial charge in [0.15, 0.2) is 0 Å². The molecule has 80 valence electrons. The van der Waals surface area contributed by atoms with E-state index in [4.69, 9.17) is 0 Å². The molecule has 1 heterocycles. The van der Waals surface area contributed by atoms with Crippen LogP contribution in [0.5, 0.6) is 0 Å². The van der Waals surface area contributed by atoms with E-state index in [-0.39, 0.29) is 0 Å². The van der Waals surface area contributed by atoms with Crippen LogP contribution in [0.25, 0.3) is 0 Å². The molecule has 0 atom stereocenters. The quantitative estimate of drug-likeness (QED) is 0.528. The van der Waals surface area contributed by atoms with Crippen LogP contribution < -0.4 is 0 Å². The van der Waals surface area contributed by atoms with Gasteiger partial charge < -0.3 is 13.6 Å². The van der Waals surface area contributed by atoms with E-state index in [1.165, 1.54) is 0 Å². The molecule has 1 rings (SSSR count). The van der Waals surface area contributed by atoms with E-state index in [1.54, 1.807) is 21.3 Å². The number of hydrogen-bond donors (Lipinski definition) is 0. The monoisotopic (exact) mass is 212 g/mol. The summed E-state index contributed by atoms with van der Waals surface area (Å²) in [7, 11) is 3.57. The summed E-state index contributed by atoms with van der Waals surface area (Å²) < 4.78 is 14.0. The lowest BCUT2D eigenvalue weighted by Gasteiger charge is -2.07. The number of hydrogen-bond acceptors (Lipinski definition) is 5. The van der Waals surface area contributed by atoms with Crippen LogP contribution in [0.4, 0.5) is 0 Å².